The van der Waals surface area contributed by atoms with E-state index >= 15 is 0 Å². The van der Waals surface area contributed by atoms with Crippen LogP contribution in [0.5, 0.6) is 0 Å². The van der Waals surface area contributed by atoms with Gasteiger partial charge >= 0.3 is 5.97 Å². The smallest absolute Gasteiger partial charge is 0.338 e. The summed E-state index contributed by atoms with van der Waals surface area (Å²) in [6, 6.07) is 5.74. The molecule has 1 atom stereocenters. The number of anilines is 2. The predicted octanol–water partition coefficient (Wildman–Crippen LogP) is 2.34. The standard InChI is InChI=1S/C16H25N3O2/c1-3-21-16(20)13-6-7-15(14(17)10-13)18-11-12(2)19-8-4-5-9-19/h6-7,10,12,18H,3-5,8-9,11,17H2,1-2H3. The van der Waals surface area contributed by atoms with E-state index in [9.17, 15) is 4.79 Å². The molecule has 1 fully saturated rings. The Kier molecular flexibility index (Phi) is 5.44. The molecule has 2 rings (SSSR count). The van der Waals surface area contributed by atoms with Crippen LogP contribution in [-0.4, -0.2) is 43.2 Å². The first-order valence-electron chi connectivity index (χ1n) is 7.66. The highest BCUT2D eigenvalue weighted by atomic mass is 16.5. The number of ether oxygens (including phenoxy) is 1. The molecule has 1 aliphatic rings. The van der Waals surface area contributed by atoms with E-state index in [0.29, 0.717) is 23.9 Å². The average molecular weight is 291 g/mol. The predicted molar refractivity (Wildman–Crippen MR) is 85.6 cm³/mol. The molecule has 1 aliphatic heterocycles. The molecule has 1 aromatic rings. The van der Waals surface area contributed by atoms with Crippen LogP contribution in [0.2, 0.25) is 0 Å². The van der Waals surface area contributed by atoms with Crippen molar-refractivity contribution < 1.29 is 9.53 Å². The number of benzene rings is 1. The van der Waals surface area contributed by atoms with Gasteiger partial charge in [0.15, 0.2) is 0 Å². The quantitative estimate of drug-likeness (QED) is 0.622. The van der Waals surface area contributed by atoms with Gasteiger partial charge in [-0.15, -0.1) is 0 Å². The topological polar surface area (TPSA) is 67.6 Å². The van der Waals surface area contributed by atoms with Gasteiger partial charge in [-0.05, 0) is 58.0 Å². The molecule has 21 heavy (non-hydrogen) atoms. The minimum atomic E-state index is -0.332. The fourth-order valence-corrected chi connectivity index (χ4v) is 2.63. The molecule has 0 bridgehead atoms. The van der Waals surface area contributed by atoms with Crippen LogP contribution in [0.1, 0.15) is 37.0 Å². The third kappa shape index (κ3) is 4.11. The molecule has 3 N–H and O–H groups in total. The first-order valence-corrected chi connectivity index (χ1v) is 7.66. The maximum absolute atomic E-state index is 11.6. The monoisotopic (exact) mass is 291 g/mol. The highest BCUT2D eigenvalue weighted by Crippen LogP contribution is 2.21. The number of hydrogen-bond acceptors (Lipinski definition) is 5. The summed E-state index contributed by atoms with van der Waals surface area (Å²) in [6.45, 7) is 7.59. The SMILES string of the molecule is CCOC(=O)c1ccc(NCC(C)N2CCCC2)c(N)c1. The fraction of sp³-hybridized carbons (Fsp3) is 0.562. The van der Waals surface area contributed by atoms with Crippen molar-refractivity contribution in [3.05, 3.63) is 23.8 Å². The Bertz CT molecular complexity index is 484. The first kappa shape index (κ1) is 15.6. The molecule has 0 radical (unpaired) electrons. The number of carbonyl (C=O) groups excluding carboxylic acids is 1. The Morgan fingerprint density at radius 1 is 1.43 bits per heavy atom. The Hall–Kier alpha value is -1.75. The van der Waals surface area contributed by atoms with Gasteiger partial charge in [0.2, 0.25) is 0 Å². The van der Waals surface area contributed by atoms with E-state index in [1.807, 2.05) is 6.07 Å². The van der Waals surface area contributed by atoms with Gasteiger partial charge in [-0.1, -0.05) is 0 Å². The summed E-state index contributed by atoms with van der Waals surface area (Å²) >= 11 is 0. The van der Waals surface area contributed by atoms with Crippen molar-refractivity contribution in [3.8, 4) is 0 Å². The lowest BCUT2D eigenvalue weighted by atomic mass is 10.1. The van der Waals surface area contributed by atoms with Crippen molar-refractivity contribution in [2.24, 2.45) is 0 Å². The molecular weight excluding hydrogens is 266 g/mol. The molecule has 5 heteroatoms. The van der Waals surface area contributed by atoms with Gasteiger partial charge in [-0.3, -0.25) is 4.90 Å². The third-order valence-electron chi connectivity index (χ3n) is 3.91. The van der Waals surface area contributed by atoms with Crippen LogP contribution in [0.3, 0.4) is 0 Å². The summed E-state index contributed by atoms with van der Waals surface area (Å²) in [5.41, 5.74) is 7.95. The minimum absolute atomic E-state index is 0.332. The molecule has 116 valence electrons. The maximum Gasteiger partial charge on any atom is 0.338 e. The van der Waals surface area contributed by atoms with Crippen molar-refractivity contribution in [2.45, 2.75) is 32.7 Å². The number of rotatable bonds is 6. The van der Waals surface area contributed by atoms with Crippen LogP contribution in [-0.2, 0) is 4.74 Å². The highest BCUT2D eigenvalue weighted by molar-refractivity contribution is 5.91. The molecule has 0 aromatic heterocycles. The van der Waals surface area contributed by atoms with E-state index in [4.69, 9.17) is 10.5 Å². The lowest BCUT2D eigenvalue weighted by molar-refractivity contribution is 0.0526. The van der Waals surface area contributed by atoms with Crippen LogP contribution in [0.4, 0.5) is 11.4 Å². The van der Waals surface area contributed by atoms with Gasteiger partial charge in [0.25, 0.3) is 0 Å². The number of esters is 1. The molecule has 1 heterocycles. The summed E-state index contributed by atoms with van der Waals surface area (Å²) in [5.74, 6) is -0.332. The normalized spacial score (nSPS) is 16.7. The zero-order chi connectivity index (χ0) is 15.2. The zero-order valence-electron chi connectivity index (χ0n) is 12.9. The van der Waals surface area contributed by atoms with E-state index in [1.165, 1.54) is 25.9 Å². The van der Waals surface area contributed by atoms with Crippen LogP contribution in [0.15, 0.2) is 18.2 Å². The second-order valence-corrected chi connectivity index (χ2v) is 5.50. The summed E-state index contributed by atoms with van der Waals surface area (Å²) in [7, 11) is 0. The lowest BCUT2D eigenvalue weighted by Crippen LogP contribution is -2.35. The molecule has 0 spiro atoms. The summed E-state index contributed by atoms with van der Waals surface area (Å²) in [5, 5.41) is 3.37. The van der Waals surface area contributed by atoms with E-state index in [-0.39, 0.29) is 5.97 Å². The maximum atomic E-state index is 11.6. The van der Waals surface area contributed by atoms with Gasteiger partial charge in [0, 0.05) is 12.6 Å². The molecule has 0 saturated carbocycles. The number of hydrogen-bond donors (Lipinski definition) is 2. The number of likely N-dealkylation sites (tertiary alicyclic amines) is 1. The zero-order valence-corrected chi connectivity index (χ0v) is 12.9. The Morgan fingerprint density at radius 3 is 2.76 bits per heavy atom. The summed E-state index contributed by atoms with van der Waals surface area (Å²) in [6.07, 6.45) is 2.58. The number of nitrogens with one attached hydrogen (secondary N) is 1. The Labute approximate surface area is 126 Å². The van der Waals surface area contributed by atoms with Crippen molar-refractivity contribution in [2.75, 3.05) is 37.3 Å². The van der Waals surface area contributed by atoms with E-state index in [0.717, 1.165) is 12.2 Å². The molecular formula is C16H25N3O2. The number of nitrogen functional groups attached to an aromatic ring is 1. The lowest BCUT2D eigenvalue weighted by Gasteiger charge is -2.24. The molecule has 1 unspecified atom stereocenters. The minimum Gasteiger partial charge on any atom is -0.462 e. The van der Waals surface area contributed by atoms with Gasteiger partial charge in [-0.25, -0.2) is 4.79 Å². The highest BCUT2D eigenvalue weighted by Gasteiger charge is 2.18. The molecule has 0 aliphatic carbocycles. The average Bonchev–Trinajstić information content (AvgIpc) is 3.00. The van der Waals surface area contributed by atoms with Gasteiger partial charge in [0.05, 0.1) is 23.5 Å². The third-order valence-corrected chi connectivity index (χ3v) is 3.91. The number of carbonyl (C=O) groups is 1. The number of nitrogens with zero attached hydrogens (tertiary/aromatic N) is 1. The van der Waals surface area contributed by atoms with E-state index < -0.39 is 0 Å². The van der Waals surface area contributed by atoms with Gasteiger partial charge in [-0.2, -0.15) is 0 Å². The Balaban J connectivity index is 1.92. The molecule has 1 saturated heterocycles. The summed E-state index contributed by atoms with van der Waals surface area (Å²) in [4.78, 5) is 14.1. The molecule has 1 aromatic carbocycles. The fourth-order valence-electron chi connectivity index (χ4n) is 2.63. The Morgan fingerprint density at radius 2 is 2.14 bits per heavy atom. The second-order valence-electron chi connectivity index (χ2n) is 5.50. The van der Waals surface area contributed by atoms with Crippen LogP contribution < -0.4 is 11.1 Å². The van der Waals surface area contributed by atoms with Crippen molar-refractivity contribution in [3.63, 3.8) is 0 Å². The second kappa shape index (κ2) is 7.31. The largest absolute Gasteiger partial charge is 0.462 e. The van der Waals surface area contributed by atoms with Crippen molar-refractivity contribution >= 4 is 17.3 Å². The van der Waals surface area contributed by atoms with Crippen molar-refractivity contribution in [1.29, 1.82) is 0 Å². The molecule has 5 nitrogen and oxygen atoms in total. The van der Waals surface area contributed by atoms with Crippen molar-refractivity contribution in [1.82, 2.24) is 4.90 Å². The van der Waals surface area contributed by atoms with Gasteiger partial charge in [0.1, 0.15) is 0 Å². The first-order chi connectivity index (χ1) is 10.1. The van der Waals surface area contributed by atoms with Crippen LogP contribution in [0.25, 0.3) is 0 Å². The van der Waals surface area contributed by atoms with E-state index in [2.05, 4.69) is 17.1 Å². The number of nitrogens with two attached hydrogens (primary N) is 1. The van der Waals surface area contributed by atoms with Gasteiger partial charge < -0.3 is 15.8 Å². The van der Waals surface area contributed by atoms with Crippen LogP contribution >= 0.6 is 0 Å². The van der Waals surface area contributed by atoms with E-state index in [1.54, 1.807) is 19.1 Å². The summed E-state index contributed by atoms with van der Waals surface area (Å²) < 4.78 is 4.97. The molecule has 0 amide bonds. The van der Waals surface area contributed by atoms with Crippen LogP contribution in [0, 0.1) is 0 Å².